The van der Waals surface area contributed by atoms with Gasteiger partial charge in [0.05, 0.1) is 25.1 Å². The third-order valence-corrected chi connectivity index (χ3v) is 4.46. The fourth-order valence-corrected chi connectivity index (χ4v) is 3.14. The van der Waals surface area contributed by atoms with Crippen molar-refractivity contribution in [3.05, 3.63) is 64.5 Å². The fraction of sp³-hybridized carbons (Fsp3) is 0.111. The second-order valence-electron chi connectivity index (χ2n) is 5.08. The van der Waals surface area contributed by atoms with Crippen LogP contribution in [0.2, 0.25) is 5.02 Å². The molecule has 0 atom stereocenters. The topological polar surface area (TPSA) is 66.7 Å². The van der Waals surface area contributed by atoms with Crippen molar-refractivity contribution in [2.45, 2.75) is 0 Å². The molecule has 7 heteroatoms. The number of nitrogens with zero attached hydrogens (tertiary/aromatic N) is 2. The quantitative estimate of drug-likeness (QED) is 0.500. The van der Waals surface area contributed by atoms with Crippen LogP contribution >= 0.6 is 22.9 Å². The van der Waals surface area contributed by atoms with Crippen molar-refractivity contribution < 1.29 is 9.84 Å². The summed E-state index contributed by atoms with van der Waals surface area (Å²) in [5.74, 6) is 0.649. The van der Waals surface area contributed by atoms with Crippen LogP contribution in [-0.2, 0) is 0 Å². The Balaban J connectivity index is 1.81. The molecule has 25 heavy (non-hydrogen) atoms. The highest BCUT2D eigenvalue weighted by atomic mass is 35.5. The number of hydrazone groups is 1. The van der Waals surface area contributed by atoms with Crippen LogP contribution in [-0.4, -0.2) is 29.5 Å². The van der Waals surface area contributed by atoms with Crippen molar-refractivity contribution in [3.63, 3.8) is 0 Å². The molecule has 0 fully saturated rings. The lowest BCUT2D eigenvalue weighted by molar-refractivity contribution is 0.356. The number of thiazole rings is 1. The number of hydrogen-bond donors (Lipinski definition) is 2. The molecule has 0 spiro atoms. The summed E-state index contributed by atoms with van der Waals surface area (Å²) in [6.45, 7) is -0.222. The minimum absolute atomic E-state index is 0.222. The smallest absolute Gasteiger partial charge is 0.203 e. The van der Waals surface area contributed by atoms with Gasteiger partial charge in [0, 0.05) is 21.5 Å². The van der Waals surface area contributed by atoms with Crippen LogP contribution < -0.4 is 10.2 Å². The molecular weight excluding hydrogens is 358 g/mol. The minimum Gasteiger partial charge on any atom is -0.496 e. The highest BCUT2D eigenvalue weighted by molar-refractivity contribution is 7.14. The molecule has 0 bridgehead atoms. The van der Waals surface area contributed by atoms with Crippen LogP contribution in [0.15, 0.2) is 59.0 Å². The Hall–Kier alpha value is -2.41. The van der Waals surface area contributed by atoms with Crippen molar-refractivity contribution in [1.29, 1.82) is 0 Å². The van der Waals surface area contributed by atoms with Gasteiger partial charge in [0.1, 0.15) is 5.75 Å². The molecule has 0 saturated carbocycles. The number of benzene rings is 2. The predicted octanol–water partition coefficient (Wildman–Crippen LogP) is 4.28. The summed E-state index contributed by atoms with van der Waals surface area (Å²) in [6.07, 6.45) is 0. The number of hydrogen-bond acceptors (Lipinski definition) is 6. The van der Waals surface area contributed by atoms with Crippen molar-refractivity contribution >= 4 is 33.8 Å². The molecule has 2 aromatic carbocycles. The number of anilines is 1. The van der Waals surface area contributed by atoms with Gasteiger partial charge in [0.25, 0.3) is 0 Å². The average molecular weight is 374 g/mol. The summed E-state index contributed by atoms with van der Waals surface area (Å²) in [4.78, 5) is 4.49. The van der Waals surface area contributed by atoms with E-state index in [0.29, 0.717) is 21.6 Å². The Morgan fingerprint density at radius 1 is 1.28 bits per heavy atom. The molecule has 3 aromatic rings. The van der Waals surface area contributed by atoms with Gasteiger partial charge >= 0.3 is 0 Å². The summed E-state index contributed by atoms with van der Waals surface area (Å²) in [5.41, 5.74) is 5.85. The summed E-state index contributed by atoms with van der Waals surface area (Å²) in [6, 6.07) is 14.9. The number of halogens is 1. The average Bonchev–Trinajstić information content (AvgIpc) is 3.12. The minimum atomic E-state index is -0.222. The summed E-state index contributed by atoms with van der Waals surface area (Å²) in [7, 11) is 1.58. The van der Waals surface area contributed by atoms with Gasteiger partial charge in [-0.1, -0.05) is 35.9 Å². The predicted molar refractivity (Wildman–Crippen MR) is 103 cm³/mol. The molecule has 0 unspecified atom stereocenters. The molecule has 5 nitrogen and oxygen atoms in total. The molecule has 3 rings (SSSR count). The van der Waals surface area contributed by atoms with Gasteiger partial charge < -0.3 is 9.84 Å². The van der Waals surface area contributed by atoms with Gasteiger partial charge in [-0.2, -0.15) is 5.10 Å². The first kappa shape index (κ1) is 17.4. The summed E-state index contributed by atoms with van der Waals surface area (Å²) >= 11 is 7.44. The molecule has 2 N–H and O–H groups in total. The number of para-hydroxylation sites is 1. The number of aliphatic hydroxyl groups excluding tert-OH is 1. The first-order valence-corrected chi connectivity index (χ1v) is 8.75. The number of ether oxygens (including phenoxy) is 1. The maximum absolute atomic E-state index is 9.63. The zero-order valence-electron chi connectivity index (χ0n) is 13.4. The van der Waals surface area contributed by atoms with E-state index in [-0.39, 0.29) is 6.61 Å². The van der Waals surface area contributed by atoms with E-state index in [0.717, 1.165) is 16.8 Å². The van der Waals surface area contributed by atoms with E-state index in [1.54, 1.807) is 7.11 Å². The molecule has 0 aliphatic heterocycles. The third kappa shape index (κ3) is 4.17. The van der Waals surface area contributed by atoms with Crippen LogP contribution in [0, 0.1) is 0 Å². The highest BCUT2D eigenvalue weighted by Gasteiger charge is 2.10. The van der Waals surface area contributed by atoms with E-state index in [1.165, 1.54) is 11.3 Å². The van der Waals surface area contributed by atoms with E-state index in [2.05, 4.69) is 15.5 Å². The summed E-state index contributed by atoms with van der Waals surface area (Å²) in [5, 5.41) is 17.1. The number of methoxy groups -OCH3 is 1. The molecular formula is C18H16ClN3O2S. The first-order valence-electron chi connectivity index (χ1n) is 7.49. The van der Waals surface area contributed by atoms with E-state index in [4.69, 9.17) is 16.3 Å². The Kier molecular flexibility index (Phi) is 5.65. The Morgan fingerprint density at radius 2 is 2.12 bits per heavy atom. The van der Waals surface area contributed by atoms with Gasteiger partial charge in [0.15, 0.2) is 0 Å². The van der Waals surface area contributed by atoms with Crippen molar-refractivity contribution in [1.82, 2.24) is 4.98 Å². The van der Waals surface area contributed by atoms with Crippen LogP contribution in [0.3, 0.4) is 0 Å². The third-order valence-electron chi connectivity index (χ3n) is 3.48. The molecule has 1 heterocycles. The molecule has 0 aliphatic rings. The molecule has 1 aromatic heterocycles. The fourth-order valence-electron chi connectivity index (χ4n) is 2.28. The molecule has 0 amide bonds. The van der Waals surface area contributed by atoms with Gasteiger partial charge in [-0.25, -0.2) is 4.98 Å². The Morgan fingerprint density at radius 3 is 2.88 bits per heavy atom. The van der Waals surface area contributed by atoms with Gasteiger partial charge in [-0.15, -0.1) is 11.3 Å². The second-order valence-corrected chi connectivity index (χ2v) is 6.37. The lowest BCUT2D eigenvalue weighted by Gasteiger charge is -2.09. The number of aliphatic hydroxyl groups is 1. The van der Waals surface area contributed by atoms with Crippen LogP contribution in [0.4, 0.5) is 5.13 Å². The molecule has 0 radical (unpaired) electrons. The zero-order valence-corrected chi connectivity index (χ0v) is 15.0. The SMILES string of the molecule is COc1ccccc1/C(CO)=N/Nc1nc(-c2cccc(Cl)c2)cs1. The standard InChI is InChI=1S/C18H16ClN3O2S/c1-24-17-8-3-2-7-14(17)15(10-23)21-22-18-20-16(11-25-18)12-5-4-6-13(19)9-12/h2-9,11,23H,10H2,1H3,(H,20,22)/b21-15+. The normalized spacial score (nSPS) is 11.4. The van der Waals surface area contributed by atoms with Crippen LogP contribution in [0.5, 0.6) is 5.75 Å². The van der Waals surface area contributed by atoms with E-state index in [1.807, 2.05) is 53.9 Å². The Bertz CT molecular complexity index is 895. The molecule has 0 aliphatic carbocycles. The van der Waals surface area contributed by atoms with E-state index in [9.17, 15) is 5.11 Å². The van der Waals surface area contributed by atoms with Gasteiger partial charge in [-0.3, -0.25) is 5.43 Å². The van der Waals surface area contributed by atoms with Gasteiger partial charge in [-0.05, 0) is 24.3 Å². The van der Waals surface area contributed by atoms with Crippen molar-refractivity contribution in [2.24, 2.45) is 5.10 Å². The van der Waals surface area contributed by atoms with E-state index >= 15 is 0 Å². The number of rotatable bonds is 6. The monoisotopic (exact) mass is 373 g/mol. The Labute approximate surface area is 154 Å². The highest BCUT2D eigenvalue weighted by Crippen LogP contribution is 2.27. The first-order chi connectivity index (χ1) is 12.2. The number of nitrogens with one attached hydrogen (secondary N) is 1. The van der Waals surface area contributed by atoms with Crippen molar-refractivity contribution in [3.8, 4) is 17.0 Å². The van der Waals surface area contributed by atoms with Crippen LogP contribution in [0.1, 0.15) is 5.56 Å². The zero-order chi connectivity index (χ0) is 17.6. The lowest BCUT2D eigenvalue weighted by atomic mass is 10.1. The maximum atomic E-state index is 9.63. The van der Waals surface area contributed by atoms with Gasteiger partial charge in [0.2, 0.25) is 5.13 Å². The molecule has 0 saturated heterocycles. The number of aromatic nitrogens is 1. The van der Waals surface area contributed by atoms with Crippen molar-refractivity contribution in [2.75, 3.05) is 19.1 Å². The van der Waals surface area contributed by atoms with Crippen LogP contribution in [0.25, 0.3) is 11.3 Å². The maximum Gasteiger partial charge on any atom is 0.203 e. The lowest BCUT2D eigenvalue weighted by Crippen LogP contribution is -2.10. The second kappa shape index (κ2) is 8.11. The largest absolute Gasteiger partial charge is 0.496 e. The molecule has 128 valence electrons. The van der Waals surface area contributed by atoms with E-state index < -0.39 is 0 Å². The summed E-state index contributed by atoms with van der Waals surface area (Å²) < 4.78 is 5.31.